The van der Waals surface area contributed by atoms with Crippen LogP contribution in [0.2, 0.25) is 0 Å². The molecule has 12 rings (SSSR count). The summed E-state index contributed by atoms with van der Waals surface area (Å²) in [5.74, 6) is -12.4. The molecular formula is C102H125N23O25. The number of nitrogens with two attached hydrogens (primary N) is 1. The summed E-state index contributed by atoms with van der Waals surface area (Å²) in [6.07, 6.45) is -5.50. The Bertz CT molecular complexity index is 6400. The number of nitrogens with zero attached hydrogens (tertiary/aromatic N) is 9. The van der Waals surface area contributed by atoms with Gasteiger partial charge in [-0.2, -0.15) is 0 Å². The van der Waals surface area contributed by atoms with E-state index in [9.17, 15) is 96.2 Å². The number of aromatic amines is 3. The number of rotatable bonds is 51. The minimum Gasteiger partial charge on any atom is -0.480 e. The van der Waals surface area contributed by atoms with E-state index in [1.165, 1.54) is 50.7 Å². The van der Waals surface area contributed by atoms with Gasteiger partial charge in [-0.15, -0.1) is 0 Å². The number of aliphatic carboxylic acids is 1. The van der Waals surface area contributed by atoms with E-state index in [0.717, 1.165) is 47.3 Å². The van der Waals surface area contributed by atoms with Crippen molar-refractivity contribution in [2.24, 2.45) is 5.73 Å². The summed E-state index contributed by atoms with van der Waals surface area (Å²) in [4.78, 5) is 291. The molecule has 7 unspecified atom stereocenters. The number of hydrogen-bond acceptors (Lipinski definition) is 31. The van der Waals surface area contributed by atoms with Crippen molar-refractivity contribution in [2.75, 3.05) is 112 Å². The Kier molecular flexibility index (Phi) is 39.8. The molecule has 0 saturated carbocycles. The third kappa shape index (κ3) is 31.1. The van der Waals surface area contributed by atoms with Gasteiger partial charge in [0.25, 0.3) is 17.7 Å². The number of amides is 13. The van der Waals surface area contributed by atoms with Gasteiger partial charge in [-0.25, -0.2) is 29.3 Å². The first-order valence-corrected chi connectivity index (χ1v) is 48.9. The lowest BCUT2D eigenvalue weighted by molar-refractivity contribution is -0.146. The number of carboxylic acid groups (broad SMARTS) is 1. The van der Waals surface area contributed by atoms with E-state index in [1.54, 1.807) is 75.7 Å². The van der Waals surface area contributed by atoms with Crippen LogP contribution in [0.3, 0.4) is 0 Å². The molecule has 0 radical (unpaired) electrons. The number of imidazole rings is 3. The summed E-state index contributed by atoms with van der Waals surface area (Å²) in [6.45, 7) is 0.429. The van der Waals surface area contributed by atoms with Crippen molar-refractivity contribution in [1.82, 2.24) is 96.5 Å². The highest BCUT2D eigenvalue weighted by Crippen LogP contribution is 2.32. The van der Waals surface area contributed by atoms with Crippen molar-refractivity contribution in [2.45, 2.75) is 190 Å². The van der Waals surface area contributed by atoms with Crippen molar-refractivity contribution < 1.29 is 120 Å². The molecule has 3 aliphatic heterocycles. The number of hydrogen-bond donors (Lipinski definition) is 15. The summed E-state index contributed by atoms with van der Waals surface area (Å²) < 4.78 is 24.7. The van der Waals surface area contributed by atoms with Crippen LogP contribution in [0.25, 0.3) is 33.1 Å². The van der Waals surface area contributed by atoms with Gasteiger partial charge in [0.05, 0.1) is 114 Å². The van der Waals surface area contributed by atoms with Crippen LogP contribution in [0.4, 0.5) is 17.1 Å². The van der Waals surface area contributed by atoms with Gasteiger partial charge in [-0.3, -0.25) is 76.7 Å². The van der Waals surface area contributed by atoms with Crippen LogP contribution in [0.5, 0.6) is 0 Å². The molecule has 48 heteroatoms. The Labute approximate surface area is 861 Å². The van der Waals surface area contributed by atoms with Gasteiger partial charge < -0.3 is 132 Å². The molecule has 6 heterocycles. The van der Waals surface area contributed by atoms with E-state index in [0.29, 0.717) is 67.9 Å². The number of H-pyrrole nitrogens is 3. The Morgan fingerprint density at radius 3 is 1.01 bits per heavy atom. The fourth-order valence-corrected chi connectivity index (χ4v) is 17.5. The van der Waals surface area contributed by atoms with Gasteiger partial charge >= 0.3 is 35.8 Å². The maximum Gasteiger partial charge on any atom is 0.328 e. The van der Waals surface area contributed by atoms with Crippen LogP contribution in [0.1, 0.15) is 168 Å². The quantitative estimate of drug-likeness (QED) is 0.0148. The van der Waals surface area contributed by atoms with E-state index < -0.39 is 195 Å². The molecule has 150 heavy (non-hydrogen) atoms. The monoisotopic (exact) mass is 2070 g/mol. The van der Waals surface area contributed by atoms with Crippen LogP contribution in [0.15, 0.2) is 127 Å². The zero-order valence-electron chi connectivity index (χ0n) is 84.4. The number of methoxy groups -OCH3 is 5. The maximum atomic E-state index is 14.6. The summed E-state index contributed by atoms with van der Waals surface area (Å²) in [7, 11) is 10.4. The number of aromatic nitrogens is 6. The van der Waals surface area contributed by atoms with Crippen LogP contribution in [-0.2, 0) is 140 Å². The molecule has 13 amide bonds. The first kappa shape index (κ1) is 112. The van der Waals surface area contributed by atoms with Gasteiger partial charge in [-0.1, -0.05) is 36.4 Å². The molecule has 0 spiro atoms. The molecule has 0 saturated heterocycles. The third-order valence-electron chi connectivity index (χ3n) is 25.6. The molecule has 798 valence electrons. The van der Waals surface area contributed by atoms with Gasteiger partial charge in [-0.05, 0) is 159 Å². The van der Waals surface area contributed by atoms with E-state index in [-0.39, 0.29) is 148 Å². The van der Waals surface area contributed by atoms with Gasteiger partial charge in [0, 0.05) is 146 Å². The van der Waals surface area contributed by atoms with Gasteiger partial charge in [0.15, 0.2) is 0 Å². The lowest BCUT2D eigenvalue weighted by atomic mass is 10.0. The van der Waals surface area contributed by atoms with Gasteiger partial charge in [0.1, 0.15) is 59.8 Å². The molecule has 0 fully saturated rings. The fraction of sp³-hybridized carbons (Fsp3) is 0.431. The minimum atomic E-state index is -1.80. The molecule has 3 aromatic heterocycles. The van der Waals surface area contributed by atoms with E-state index >= 15 is 0 Å². The average Bonchev–Trinajstić information content (AvgIpc) is 1.64. The molecule has 6 aromatic carbocycles. The van der Waals surface area contributed by atoms with Crippen molar-refractivity contribution in [1.29, 1.82) is 0 Å². The number of nitrogens with one attached hydrogen (secondary N) is 13. The highest BCUT2D eigenvalue weighted by molar-refractivity contribution is 6.00. The number of esters is 5. The van der Waals surface area contributed by atoms with Crippen molar-refractivity contribution in [3.63, 3.8) is 0 Å². The zero-order chi connectivity index (χ0) is 108. The molecular weight excluding hydrogens is 1950 g/mol. The van der Waals surface area contributed by atoms with E-state index in [4.69, 9.17) is 29.4 Å². The molecule has 16 N–H and O–H groups in total. The predicted molar refractivity (Wildman–Crippen MR) is 540 cm³/mol. The predicted octanol–water partition coefficient (Wildman–Crippen LogP) is 2.71. The van der Waals surface area contributed by atoms with Crippen LogP contribution in [0, 0.1) is 0 Å². The molecule has 9 aromatic rings. The highest BCUT2D eigenvalue weighted by Gasteiger charge is 2.39. The van der Waals surface area contributed by atoms with Gasteiger partial charge in [0.2, 0.25) is 59.1 Å². The second kappa shape index (κ2) is 53.4. The number of anilines is 3. The Morgan fingerprint density at radius 1 is 0.387 bits per heavy atom. The second-order valence-corrected chi connectivity index (χ2v) is 36.6. The largest absolute Gasteiger partial charge is 0.480 e. The number of para-hydroxylation sites is 6. The Hall–Kier alpha value is -17.0. The molecule has 3 aliphatic rings. The minimum absolute atomic E-state index is 0.00297. The number of carbonyl (C=O) groups is 19. The molecule has 0 bridgehead atoms. The lowest BCUT2D eigenvalue weighted by Crippen LogP contribution is -2.55. The molecule has 8 atom stereocenters. The third-order valence-corrected chi connectivity index (χ3v) is 25.6. The lowest BCUT2D eigenvalue weighted by Gasteiger charge is -2.24. The summed E-state index contributed by atoms with van der Waals surface area (Å²) in [5.41, 5.74) is 15.0. The first-order valence-electron chi connectivity index (χ1n) is 48.9. The van der Waals surface area contributed by atoms with Crippen molar-refractivity contribution >= 4 is 163 Å². The highest BCUT2D eigenvalue weighted by atomic mass is 16.5. The summed E-state index contributed by atoms with van der Waals surface area (Å²) >= 11 is 0. The number of benzene rings is 6. The van der Waals surface area contributed by atoms with E-state index in [1.807, 2.05) is 72.8 Å². The first-order chi connectivity index (χ1) is 71.9. The smallest absolute Gasteiger partial charge is 0.328 e. The summed E-state index contributed by atoms with van der Waals surface area (Å²) in [6, 6.07) is 25.4. The average molecular weight is 2070 g/mol. The maximum absolute atomic E-state index is 14.6. The summed E-state index contributed by atoms with van der Waals surface area (Å²) in [5, 5.41) is 37.5. The van der Waals surface area contributed by atoms with Crippen LogP contribution in [-0.4, -0.2) is 321 Å². The topological polar surface area (TPSA) is 643 Å². The van der Waals surface area contributed by atoms with Crippen LogP contribution < -0.4 is 58.9 Å². The fourth-order valence-electron chi connectivity index (χ4n) is 17.5. The normalized spacial score (nSPS) is 15.2. The molecule has 0 aliphatic carbocycles. The number of ether oxygens (including phenoxy) is 5. The number of carbonyl (C=O) groups excluding carboxylic acids is 18. The van der Waals surface area contributed by atoms with Crippen molar-refractivity contribution in [3.05, 3.63) is 178 Å². The molecule has 48 nitrogen and oxygen atoms in total. The Morgan fingerprint density at radius 2 is 0.687 bits per heavy atom. The van der Waals surface area contributed by atoms with Crippen LogP contribution >= 0.6 is 0 Å². The Balaban J connectivity index is 0.648. The number of fused-ring (bicyclic) bond motifs is 6. The van der Waals surface area contributed by atoms with E-state index in [2.05, 4.69) is 83.1 Å². The SMILES string of the molecule is COC(=O)CC1Nc2ccc(C(=O)N(C)Cc3nc4ccccc4[nH]3)cc2CN(CCCNC(=O)CCC(NC(=O)CCC(NC(=O)C(N)CCC(=O)N[C@@H](CCC(=O)NCCCN2Cc3cc(C(=O)N(C)Cc4nc5ccccc5[nH]4)ccc3NC(CC(=O)OC)C2=O)C(=O)O)C(=O)NC(CCC(=O)NCCCN2Cc3cc(C(=O)N(C)Cc4nc5ccccc5[nH]4)ccc3NC(CC(=O)OC)C2=O)C(=O)OC)C(=O)OC)C1=O. The standard InChI is InChI=1S/C102H125N23O25/c1-120(55-81-110-68-18-9-10-19-69(68)111-81)94(136)58-24-28-65-61(46-58)52-123(97(139)78(107-65)49-89(131)146-4)43-15-40-104-84(126)36-32-75(100(142)143)116-87(129)35-27-64(103)92(134)118-74(93(135)119-77(102(145)150-8)34-38-86(128)106-42-17-45-125-54-63-48-60(26-30-67(63)109-80(99(125)141)51-91(133)148-6)96(138)122(3)57-83-114-72-22-13-14-23-73(72)115-83)31-39-88(130)117-76(101(144)149-7)33-37-85(127)105-41-16-44-124-53-62-47-59(25-29-66(62)108-79(98(124)140)50-90(132)147-5)95(137)121(2)56-82-112-70-20-11-12-21-71(70)113-82/h9-14,18-26,28-30,46-48,64,74-80,107-109H,15-17,27,31-45,49-57,103H2,1-8H3,(H,104,126)(H,105,127)(H,106,128)(H,110,111)(H,112,113)(H,114,115)(H,116,129)(H,117,130)(H,118,134)(H,119,135)(H,142,143)/t64?,74?,75-,76?,77?,78?,79?,80?/m0/s1. The zero-order valence-corrected chi connectivity index (χ0v) is 84.4. The number of carboxylic acids is 1. The van der Waals surface area contributed by atoms with Crippen molar-refractivity contribution in [3.8, 4) is 0 Å². The second-order valence-electron chi connectivity index (χ2n) is 36.6.